The van der Waals surface area contributed by atoms with Gasteiger partial charge in [-0.2, -0.15) is 0 Å². The van der Waals surface area contributed by atoms with Crippen LogP contribution in [0.3, 0.4) is 0 Å². The molecule has 2 N–H and O–H groups in total. The van der Waals surface area contributed by atoms with Crippen molar-refractivity contribution in [1.29, 1.82) is 0 Å². The van der Waals surface area contributed by atoms with Gasteiger partial charge in [-0.25, -0.2) is 4.79 Å². The molecule has 0 bridgehead atoms. The van der Waals surface area contributed by atoms with E-state index in [1.54, 1.807) is 0 Å². The molecule has 1 atom stereocenters. The zero-order valence-corrected chi connectivity index (χ0v) is 10.8. The summed E-state index contributed by atoms with van der Waals surface area (Å²) in [6.07, 6.45) is 6.96. The molecule has 0 aromatic heterocycles. The van der Waals surface area contributed by atoms with Gasteiger partial charge in [0.1, 0.15) is 6.04 Å². The van der Waals surface area contributed by atoms with Crippen LogP contribution in [0.5, 0.6) is 0 Å². The van der Waals surface area contributed by atoms with Crippen LogP contribution in [0.1, 0.15) is 38.5 Å². The van der Waals surface area contributed by atoms with Gasteiger partial charge in [-0.3, -0.25) is 4.79 Å². The summed E-state index contributed by atoms with van der Waals surface area (Å²) < 4.78 is 4.83. The molecular formula is C13H21NO4. The summed E-state index contributed by atoms with van der Waals surface area (Å²) in [5.41, 5.74) is 1.12. The Kier molecular flexibility index (Phi) is 6.43. The summed E-state index contributed by atoms with van der Waals surface area (Å²) in [5.74, 6) is -1.23. The van der Waals surface area contributed by atoms with Crippen molar-refractivity contribution < 1.29 is 19.4 Å². The van der Waals surface area contributed by atoms with E-state index in [9.17, 15) is 9.59 Å². The van der Waals surface area contributed by atoms with Gasteiger partial charge in [0.15, 0.2) is 0 Å². The number of nitrogens with one attached hydrogen (secondary N) is 1. The fourth-order valence-corrected chi connectivity index (χ4v) is 2.01. The normalized spacial score (nSPS) is 16.8. The van der Waals surface area contributed by atoms with Crippen molar-refractivity contribution in [3.8, 4) is 0 Å². The Balaban J connectivity index is 2.40. The molecule has 102 valence electrons. The number of amides is 1. The summed E-state index contributed by atoms with van der Waals surface area (Å²) >= 11 is 0. The SMILES string of the molecule is COCCC(NC(=O)CC1=CCCCC1)C(=O)O. The van der Waals surface area contributed by atoms with E-state index in [0.717, 1.165) is 24.8 Å². The first-order valence-corrected chi connectivity index (χ1v) is 6.32. The maximum absolute atomic E-state index is 11.7. The van der Waals surface area contributed by atoms with Gasteiger partial charge in [-0.05, 0) is 25.7 Å². The van der Waals surface area contributed by atoms with E-state index in [4.69, 9.17) is 9.84 Å². The second kappa shape index (κ2) is 7.87. The number of allylic oxidation sites excluding steroid dienone is 1. The fraction of sp³-hybridized carbons (Fsp3) is 0.692. The van der Waals surface area contributed by atoms with Crippen LogP contribution in [0.4, 0.5) is 0 Å². The van der Waals surface area contributed by atoms with Crippen LogP contribution in [-0.2, 0) is 14.3 Å². The average Bonchev–Trinajstić information content (AvgIpc) is 2.35. The van der Waals surface area contributed by atoms with Crippen LogP contribution in [0.15, 0.2) is 11.6 Å². The van der Waals surface area contributed by atoms with Gasteiger partial charge < -0.3 is 15.2 Å². The molecule has 0 aromatic carbocycles. The smallest absolute Gasteiger partial charge is 0.326 e. The lowest BCUT2D eigenvalue weighted by atomic mass is 9.97. The van der Waals surface area contributed by atoms with Gasteiger partial charge >= 0.3 is 5.97 Å². The second-order valence-electron chi connectivity index (χ2n) is 4.52. The maximum Gasteiger partial charge on any atom is 0.326 e. The molecule has 18 heavy (non-hydrogen) atoms. The molecule has 0 saturated heterocycles. The van der Waals surface area contributed by atoms with Crippen LogP contribution in [-0.4, -0.2) is 36.7 Å². The number of carbonyl (C=O) groups is 2. The van der Waals surface area contributed by atoms with Crippen molar-refractivity contribution in [2.75, 3.05) is 13.7 Å². The second-order valence-corrected chi connectivity index (χ2v) is 4.52. The Bertz CT molecular complexity index is 325. The van der Waals surface area contributed by atoms with E-state index in [-0.39, 0.29) is 12.3 Å². The Hall–Kier alpha value is -1.36. The van der Waals surface area contributed by atoms with Crippen molar-refractivity contribution >= 4 is 11.9 Å². The molecule has 0 radical (unpaired) electrons. The first-order chi connectivity index (χ1) is 8.63. The highest BCUT2D eigenvalue weighted by molar-refractivity contribution is 5.84. The number of carboxylic acids is 1. The monoisotopic (exact) mass is 255 g/mol. The van der Waals surface area contributed by atoms with E-state index in [0.29, 0.717) is 13.0 Å². The van der Waals surface area contributed by atoms with Gasteiger partial charge in [-0.15, -0.1) is 0 Å². The number of carbonyl (C=O) groups excluding carboxylic acids is 1. The number of methoxy groups -OCH3 is 1. The molecule has 0 saturated carbocycles. The van der Waals surface area contributed by atoms with Crippen molar-refractivity contribution in [2.45, 2.75) is 44.6 Å². The van der Waals surface area contributed by atoms with Gasteiger partial charge in [0.05, 0.1) is 0 Å². The molecule has 1 aliphatic carbocycles. The fourth-order valence-electron chi connectivity index (χ4n) is 2.01. The van der Waals surface area contributed by atoms with Crippen molar-refractivity contribution in [1.82, 2.24) is 5.32 Å². The Morgan fingerprint density at radius 1 is 1.50 bits per heavy atom. The highest BCUT2D eigenvalue weighted by atomic mass is 16.5. The summed E-state index contributed by atoms with van der Waals surface area (Å²) in [5, 5.41) is 11.5. The zero-order valence-electron chi connectivity index (χ0n) is 10.8. The molecule has 0 fully saturated rings. The molecule has 1 rings (SSSR count). The predicted octanol–water partition coefficient (Wildman–Crippen LogP) is 1.48. The number of carboxylic acid groups (broad SMARTS) is 1. The number of rotatable bonds is 7. The third-order valence-corrected chi connectivity index (χ3v) is 3.02. The molecule has 5 heteroatoms. The first kappa shape index (κ1) is 14.7. The number of hydrogen-bond donors (Lipinski definition) is 2. The lowest BCUT2D eigenvalue weighted by Crippen LogP contribution is -2.41. The minimum absolute atomic E-state index is 0.216. The van der Waals surface area contributed by atoms with Crippen molar-refractivity contribution in [2.24, 2.45) is 0 Å². The summed E-state index contributed by atoms with van der Waals surface area (Å²) in [6, 6.07) is -0.860. The Morgan fingerprint density at radius 3 is 2.83 bits per heavy atom. The van der Waals surface area contributed by atoms with E-state index >= 15 is 0 Å². The molecule has 5 nitrogen and oxygen atoms in total. The van der Waals surface area contributed by atoms with E-state index in [1.807, 2.05) is 0 Å². The van der Waals surface area contributed by atoms with Gasteiger partial charge in [0.25, 0.3) is 0 Å². The average molecular weight is 255 g/mol. The van der Waals surface area contributed by atoms with Crippen LogP contribution >= 0.6 is 0 Å². The maximum atomic E-state index is 11.7. The molecule has 1 unspecified atom stereocenters. The topological polar surface area (TPSA) is 75.6 Å². The van der Waals surface area contributed by atoms with Crippen molar-refractivity contribution in [3.05, 3.63) is 11.6 Å². The van der Waals surface area contributed by atoms with Crippen LogP contribution < -0.4 is 5.32 Å². The third-order valence-electron chi connectivity index (χ3n) is 3.02. The third kappa shape index (κ3) is 5.31. The lowest BCUT2D eigenvalue weighted by Gasteiger charge is -2.16. The summed E-state index contributed by atoms with van der Waals surface area (Å²) in [7, 11) is 1.51. The van der Waals surface area contributed by atoms with Crippen LogP contribution in [0, 0.1) is 0 Å². The molecule has 1 amide bonds. The van der Waals surface area contributed by atoms with Gasteiger partial charge in [0, 0.05) is 26.6 Å². The summed E-state index contributed by atoms with van der Waals surface area (Å²) in [4.78, 5) is 22.7. The van der Waals surface area contributed by atoms with E-state index < -0.39 is 12.0 Å². The van der Waals surface area contributed by atoms with Crippen LogP contribution in [0.25, 0.3) is 0 Å². The van der Waals surface area contributed by atoms with Crippen molar-refractivity contribution in [3.63, 3.8) is 0 Å². The summed E-state index contributed by atoms with van der Waals surface area (Å²) in [6.45, 7) is 0.319. The molecule has 0 spiro atoms. The highest BCUT2D eigenvalue weighted by Gasteiger charge is 2.20. The molecule has 0 aliphatic heterocycles. The quantitative estimate of drug-likeness (QED) is 0.676. The minimum atomic E-state index is -1.02. The molecular weight excluding hydrogens is 234 g/mol. The molecule has 0 aromatic rings. The standard InChI is InChI=1S/C13H21NO4/c1-18-8-7-11(13(16)17)14-12(15)9-10-5-3-2-4-6-10/h5,11H,2-4,6-9H2,1H3,(H,14,15)(H,16,17). The number of aliphatic carboxylic acids is 1. The number of ether oxygens (including phenoxy) is 1. The Labute approximate surface area is 107 Å². The van der Waals surface area contributed by atoms with Crippen LogP contribution in [0.2, 0.25) is 0 Å². The largest absolute Gasteiger partial charge is 0.480 e. The molecule has 0 heterocycles. The predicted molar refractivity (Wildman–Crippen MR) is 67.2 cm³/mol. The zero-order chi connectivity index (χ0) is 13.4. The van der Waals surface area contributed by atoms with E-state index in [2.05, 4.69) is 11.4 Å². The van der Waals surface area contributed by atoms with Gasteiger partial charge in [-0.1, -0.05) is 11.6 Å². The highest BCUT2D eigenvalue weighted by Crippen LogP contribution is 2.19. The van der Waals surface area contributed by atoms with E-state index in [1.165, 1.54) is 13.5 Å². The lowest BCUT2D eigenvalue weighted by molar-refractivity contribution is -0.142. The number of hydrogen-bond acceptors (Lipinski definition) is 3. The minimum Gasteiger partial charge on any atom is -0.480 e. The Morgan fingerprint density at radius 2 is 2.28 bits per heavy atom. The molecule has 1 aliphatic rings. The first-order valence-electron chi connectivity index (χ1n) is 6.32. The van der Waals surface area contributed by atoms with Gasteiger partial charge in [0.2, 0.25) is 5.91 Å².